The van der Waals surface area contributed by atoms with Gasteiger partial charge in [0.1, 0.15) is 18.2 Å². The predicted molar refractivity (Wildman–Crippen MR) is 128 cm³/mol. The number of hydrogen-bond donors (Lipinski definition) is 0. The van der Waals surface area contributed by atoms with Crippen LogP contribution in [-0.4, -0.2) is 65.0 Å². The molecule has 7 nitrogen and oxygen atoms in total. The summed E-state index contributed by atoms with van der Waals surface area (Å²) in [5.41, 5.74) is 2.42. The Morgan fingerprint density at radius 1 is 1.03 bits per heavy atom. The highest BCUT2D eigenvalue weighted by atomic mass is 35.5. The summed E-state index contributed by atoms with van der Waals surface area (Å²) in [7, 11) is 0. The van der Waals surface area contributed by atoms with Crippen LogP contribution in [0.15, 0.2) is 54.9 Å². The fourth-order valence-electron chi connectivity index (χ4n) is 4.37. The number of benzene rings is 2. The summed E-state index contributed by atoms with van der Waals surface area (Å²) in [5.74, 6) is 0.865. The van der Waals surface area contributed by atoms with Gasteiger partial charge in [-0.2, -0.15) is 0 Å². The summed E-state index contributed by atoms with van der Waals surface area (Å²) in [6.45, 7) is 5.63. The lowest BCUT2D eigenvalue weighted by atomic mass is 10.1. The minimum atomic E-state index is -0.465. The molecule has 0 aliphatic carbocycles. The number of piperazine rings is 1. The van der Waals surface area contributed by atoms with Crippen LogP contribution >= 0.6 is 11.6 Å². The van der Waals surface area contributed by atoms with Crippen LogP contribution < -0.4 is 9.64 Å². The van der Waals surface area contributed by atoms with Crippen molar-refractivity contribution in [2.75, 3.05) is 44.2 Å². The number of aromatic nitrogens is 2. The van der Waals surface area contributed by atoms with E-state index in [1.54, 1.807) is 17.3 Å². The third kappa shape index (κ3) is 4.98. The maximum absolute atomic E-state index is 13.4. The molecular weight excluding hydrogens is 457 g/mol. The number of carbonyl (C=O) groups is 1. The van der Waals surface area contributed by atoms with Gasteiger partial charge in [-0.1, -0.05) is 17.7 Å². The number of rotatable bonds is 4. The topological polar surface area (TPSA) is 61.8 Å². The molecule has 2 aliphatic rings. The molecule has 3 heterocycles. The van der Waals surface area contributed by atoms with E-state index in [-0.39, 0.29) is 10.9 Å². The Hall–Kier alpha value is -3.23. The Bertz CT molecular complexity index is 1170. The maximum Gasteiger partial charge on any atom is 0.255 e. The van der Waals surface area contributed by atoms with Gasteiger partial charge in [-0.05, 0) is 42.0 Å². The van der Waals surface area contributed by atoms with Crippen LogP contribution in [0.1, 0.15) is 21.5 Å². The average molecular weight is 482 g/mol. The molecule has 34 heavy (non-hydrogen) atoms. The Morgan fingerprint density at radius 3 is 2.59 bits per heavy atom. The standard InChI is InChI=1S/C25H25ClFN5O2/c26-22-15-20(27)3-4-21(22)24(33)32-12-13-34-23-5-2-18(14-19(23)17-32)16-30-8-10-31(11-9-30)25-28-6-1-7-29-25/h1-7,14-15H,8-13,16-17H2. The number of nitrogens with zero attached hydrogens (tertiary/aromatic N) is 5. The molecule has 3 aromatic rings. The first kappa shape index (κ1) is 22.6. The van der Waals surface area contributed by atoms with E-state index in [4.69, 9.17) is 16.3 Å². The molecule has 1 saturated heterocycles. The van der Waals surface area contributed by atoms with Crippen LogP contribution in [0.25, 0.3) is 0 Å². The molecule has 0 saturated carbocycles. The van der Waals surface area contributed by atoms with Gasteiger partial charge in [0.05, 0.1) is 17.1 Å². The monoisotopic (exact) mass is 481 g/mol. The average Bonchev–Trinajstić information content (AvgIpc) is 3.07. The van der Waals surface area contributed by atoms with Gasteiger partial charge >= 0.3 is 0 Å². The highest BCUT2D eigenvalue weighted by Crippen LogP contribution is 2.27. The Kier molecular flexibility index (Phi) is 6.60. The van der Waals surface area contributed by atoms with Crippen LogP contribution in [0.5, 0.6) is 5.75 Å². The summed E-state index contributed by atoms with van der Waals surface area (Å²) in [6, 6.07) is 11.9. The molecular formula is C25H25ClFN5O2. The van der Waals surface area contributed by atoms with E-state index in [2.05, 4.69) is 31.9 Å². The highest BCUT2D eigenvalue weighted by Gasteiger charge is 2.24. The first-order chi connectivity index (χ1) is 16.6. The summed E-state index contributed by atoms with van der Waals surface area (Å²) >= 11 is 6.13. The summed E-state index contributed by atoms with van der Waals surface area (Å²) < 4.78 is 19.3. The van der Waals surface area contributed by atoms with E-state index >= 15 is 0 Å². The van der Waals surface area contributed by atoms with Crippen molar-refractivity contribution in [1.82, 2.24) is 19.8 Å². The molecule has 0 atom stereocenters. The molecule has 2 aromatic carbocycles. The van der Waals surface area contributed by atoms with E-state index < -0.39 is 5.82 Å². The summed E-state index contributed by atoms with van der Waals surface area (Å²) in [4.78, 5) is 28.1. The second-order valence-electron chi connectivity index (χ2n) is 8.45. The molecule has 2 aliphatic heterocycles. The Balaban J connectivity index is 1.25. The van der Waals surface area contributed by atoms with Crippen molar-refractivity contribution in [3.63, 3.8) is 0 Å². The zero-order valence-electron chi connectivity index (χ0n) is 18.7. The molecule has 1 amide bonds. The number of halogens is 2. The van der Waals surface area contributed by atoms with Crippen molar-refractivity contribution < 1.29 is 13.9 Å². The lowest BCUT2D eigenvalue weighted by Crippen LogP contribution is -2.46. The van der Waals surface area contributed by atoms with Crippen LogP contribution in [0.4, 0.5) is 10.3 Å². The second-order valence-corrected chi connectivity index (χ2v) is 8.86. The van der Waals surface area contributed by atoms with Crippen molar-refractivity contribution >= 4 is 23.5 Å². The SMILES string of the molecule is O=C(c1ccc(F)cc1Cl)N1CCOc2ccc(CN3CCN(c4ncccn4)CC3)cc2C1. The van der Waals surface area contributed by atoms with Crippen molar-refractivity contribution in [1.29, 1.82) is 0 Å². The van der Waals surface area contributed by atoms with Crippen molar-refractivity contribution in [3.05, 3.63) is 82.4 Å². The third-order valence-corrected chi connectivity index (χ3v) is 6.48. The van der Waals surface area contributed by atoms with Crippen LogP contribution in [-0.2, 0) is 13.1 Å². The molecule has 0 unspecified atom stereocenters. The molecule has 0 N–H and O–H groups in total. The largest absolute Gasteiger partial charge is 0.491 e. The molecule has 1 fully saturated rings. The number of carbonyl (C=O) groups excluding carboxylic acids is 1. The minimum Gasteiger partial charge on any atom is -0.491 e. The lowest BCUT2D eigenvalue weighted by molar-refractivity contribution is 0.0733. The number of amides is 1. The first-order valence-electron chi connectivity index (χ1n) is 11.3. The van der Waals surface area contributed by atoms with E-state index in [1.807, 2.05) is 12.1 Å². The smallest absolute Gasteiger partial charge is 0.255 e. The lowest BCUT2D eigenvalue weighted by Gasteiger charge is -2.34. The van der Waals surface area contributed by atoms with Gasteiger partial charge in [-0.3, -0.25) is 9.69 Å². The van der Waals surface area contributed by atoms with Gasteiger partial charge in [0.25, 0.3) is 5.91 Å². The molecule has 9 heteroatoms. The quantitative estimate of drug-likeness (QED) is 0.567. The van der Waals surface area contributed by atoms with Crippen LogP contribution in [0, 0.1) is 5.82 Å². The molecule has 0 spiro atoms. The van der Waals surface area contributed by atoms with Gasteiger partial charge in [0, 0.05) is 57.2 Å². The normalized spacial score (nSPS) is 16.5. The van der Waals surface area contributed by atoms with E-state index in [9.17, 15) is 9.18 Å². The summed E-state index contributed by atoms with van der Waals surface area (Å²) in [5, 5.41) is 0.115. The van der Waals surface area contributed by atoms with Crippen molar-refractivity contribution in [2.45, 2.75) is 13.1 Å². The molecule has 176 valence electrons. The Labute approximate surface area is 202 Å². The summed E-state index contributed by atoms with van der Waals surface area (Å²) in [6.07, 6.45) is 3.54. The van der Waals surface area contributed by atoms with Gasteiger partial charge in [0.15, 0.2) is 0 Å². The van der Waals surface area contributed by atoms with E-state index in [1.165, 1.54) is 23.8 Å². The van der Waals surface area contributed by atoms with Crippen LogP contribution in [0.2, 0.25) is 5.02 Å². The first-order valence-corrected chi connectivity index (χ1v) is 11.7. The fourth-order valence-corrected chi connectivity index (χ4v) is 4.62. The van der Waals surface area contributed by atoms with Gasteiger partial charge in [0.2, 0.25) is 5.95 Å². The fraction of sp³-hybridized carbons (Fsp3) is 0.320. The van der Waals surface area contributed by atoms with E-state index in [0.717, 1.165) is 50.0 Å². The molecule has 0 bridgehead atoms. The third-order valence-electron chi connectivity index (χ3n) is 6.17. The van der Waals surface area contributed by atoms with Gasteiger partial charge in [-0.15, -0.1) is 0 Å². The van der Waals surface area contributed by atoms with Crippen molar-refractivity contribution in [3.8, 4) is 5.75 Å². The zero-order chi connectivity index (χ0) is 23.5. The Morgan fingerprint density at radius 2 is 1.82 bits per heavy atom. The number of anilines is 1. The van der Waals surface area contributed by atoms with Crippen LogP contribution in [0.3, 0.4) is 0 Å². The van der Waals surface area contributed by atoms with Gasteiger partial charge < -0.3 is 14.5 Å². The van der Waals surface area contributed by atoms with Gasteiger partial charge in [-0.25, -0.2) is 14.4 Å². The number of ether oxygens (including phenoxy) is 1. The van der Waals surface area contributed by atoms with Crippen molar-refractivity contribution in [2.24, 2.45) is 0 Å². The van der Waals surface area contributed by atoms with E-state index in [0.29, 0.717) is 25.3 Å². The molecule has 0 radical (unpaired) electrons. The maximum atomic E-state index is 13.4. The number of fused-ring (bicyclic) bond motifs is 1. The predicted octanol–water partition coefficient (Wildman–Crippen LogP) is 3.63. The number of hydrogen-bond acceptors (Lipinski definition) is 6. The molecule has 1 aromatic heterocycles. The highest BCUT2D eigenvalue weighted by molar-refractivity contribution is 6.33. The zero-order valence-corrected chi connectivity index (χ0v) is 19.4. The molecule has 5 rings (SSSR count). The minimum absolute atomic E-state index is 0.115. The second kappa shape index (κ2) is 9.95.